The van der Waals surface area contributed by atoms with Crippen molar-refractivity contribution >= 4 is 16.9 Å². The number of rotatable bonds is 6. The van der Waals surface area contributed by atoms with E-state index in [1.165, 1.54) is 11.8 Å². The average Bonchev–Trinajstić information content (AvgIpc) is 2.34. The number of nitrogens with zero attached hydrogens (tertiary/aromatic N) is 1. The van der Waals surface area contributed by atoms with E-state index in [1.54, 1.807) is 0 Å². The first-order valence-electron chi connectivity index (χ1n) is 5.97. The lowest BCUT2D eigenvalue weighted by Gasteiger charge is -2.11. The van der Waals surface area contributed by atoms with Gasteiger partial charge in [-0.15, -0.1) is 0 Å². The summed E-state index contributed by atoms with van der Waals surface area (Å²) in [6, 6.07) is 9.97. The van der Waals surface area contributed by atoms with E-state index in [4.69, 9.17) is 0 Å². The van der Waals surface area contributed by atoms with Crippen molar-refractivity contribution in [2.75, 3.05) is 26.4 Å². The molecule has 1 aromatic carbocycles. The number of hydrogen-bond acceptors (Lipinski definition) is 3. The molecule has 1 aromatic rings. The summed E-state index contributed by atoms with van der Waals surface area (Å²) >= 11 is 1.46. The van der Waals surface area contributed by atoms with Crippen LogP contribution in [0.3, 0.4) is 0 Å². The highest BCUT2D eigenvalue weighted by Crippen LogP contribution is 2.22. The Morgan fingerprint density at radius 2 is 1.94 bits per heavy atom. The van der Waals surface area contributed by atoms with Crippen LogP contribution >= 0.6 is 11.8 Å². The Hall–Kier alpha value is -0.800. The quantitative estimate of drug-likeness (QED) is 0.725. The minimum absolute atomic E-state index is 0.000515. The summed E-state index contributed by atoms with van der Waals surface area (Å²) in [6.07, 6.45) is 1.06. The molecule has 0 aliphatic heterocycles. The van der Waals surface area contributed by atoms with E-state index < -0.39 is 0 Å². The van der Waals surface area contributed by atoms with Gasteiger partial charge in [0.1, 0.15) is 0 Å². The van der Waals surface area contributed by atoms with Crippen molar-refractivity contribution < 1.29 is 4.79 Å². The maximum absolute atomic E-state index is 11.9. The van der Waals surface area contributed by atoms with Gasteiger partial charge in [-0.2, -0.15) is 0 Å². The number of thioether (sulfide) groups is 1. The van der Waals surface area contributed by atoms with Crippen molar-refractivity contribution in [1.82, 2.24) is 4.90 Å². The van der Waals surface area contributed by atoms with E-state index in [0.29, 0.717) is 0 Å². The van der Waals surface area contributed by atoms with Gasteiger partial charge >= 0.3 is 0 Å². The van der Waals surface area contributed by atoms with Gasteiger partial charge in [0.25, 0.3) is 0 Å². The minimum Gasteiger partial charge on any atom is -0.309 e. The number of hydrogen-bond donors (Lipinski definition) is 0. The van der Waals surface area contributed by atoms with Crippen LogP contribution in [0.2, 0.25) is 0 Å². The number of carbonyl (C=O) groups excluding carboxylic acids is 1. The molecule has 0 bridgehead atoms. The first-order valence-corrected chi connectivity index (χ1v) is 6.96. The molecule has 0 aromatic heterocycles. The van der Waals surface area contributed by atoms with Gasteiger partial charge in [0.05, 0.1) is 5.92 Å². The summed E-state index contributed by atoms with van der Waals surface area (Å²) in [6.45, 7) is 3.02. The zero-order valence-corrected chi connectivity index (χ0v) is 11.7. The molecular weight excluding hydrogens is 230 g/mol. The third kappa shape index (κ3) is 5.37. The third-order valence-corrected chi connectivity index (χ3v) is 3.78. The number of carbonyl (C=O) groups is 1. The van der Waals surface area contributed by atoms with Gasteiger partial charge in [-0.05, 0) is 32.6 Å². The maximum Gasteiger partial charge on any atom is 0.196 e. The summed E-state index contributed by atoms with van der Waals surface area (Å²) in [5, 5.41) is 0.273. The molecule has 0 amide bonds. The average molecular weight is 251 g/mol. The van der Waals surface area contributed by atoms with Crippen molar-refractivity contribution in [3.63, 3.8) is 0 Å². The fourth-order valence-corrected chi connectivity index (χ4v) is 2.42. The van der Waals surface area contributed by atoms with Crippen LogP contribution in [0.15, 0.2) is 30.3 Å². The molecule has 0 aliphatic rings. The molecule has 3 heteroatoms. The monoisotopic (exact) mass is 251 g/mol. The largest absolute Gasteiger partial charge is 0.309 e. The van der Waals surface area contributed by atoms with E-state index in [0.717, 1.165) is 24.3 Å². The summed E-state index contributed by atoms with van der Waals surface area (Å²) in [4.78, 5) is 14.1. The smallest absolute Gasteiger partial charge is 0.196 e. The Morgan fingerprint density at radius 3 is 2.53 bits per heavy atom. The topological polar surface area (TPSA) is 20.3 Å². The summed E-state index contributed by atoms with van der Waals surface area (Å²) in [7, 11) is 4.11. The highest BCUT2D eigenvalue weighted by molar-refractivity contribution is 8.13. The van der Waals surface area contributed by atoms with Gasteiger partial charge in [-0.25, -0.2) is 0 Å². The first kappa shape index (κ1) is 14.3. The van der Waals surface area contributed by atoms with Crippen LogP contribution in [0.1, 0.15) is 24.8 Å². The lowest BCUT2D eigenvalue weighted by atomic mass is 10.0. The van der Waals surface area contributed by atoms with E-state index in [-0.39, 0.29) is 11.0 Å². The Balaban J connectivity index is 2.33. The van der Waals surface area contributed by atoms with E-state index >= 15 is 0 Å². The molecule has 0 heterocycles. The Labute approximate surface area is 108 Å². The van der Waals surface area contributed by atoms with Crippen LogP contribution in [0.5, 0.6) is 0 Å². The van der Waals surface area contributed by atoms with Crippen molar-refractivity contribution in [3.05, 3.63) is 35.9 Å². The van der Waals surface area contributed by atoms with Crippen molar-refractivity contribution in [2.45, 2.75) is 19.3 Å². The van der Waals surface area contributed by atoms with E-state index in [9.17, 15) is 4.79 Å². The molecule has 1 atom stereocenters. The molecule has 0 fully saturated rings. The van der Waals surface area contributed by atoms with Crippen molar-refractivity contribution in [2.24, 2.45) is 0 Å². The molecule has 94 valence electrons. The zero-order valence-electron chi connectivity index (χ0n) is 10.8. The second kappa shape index (κ2) is 7.51. The molecule has 0 radical (unpaired) electrons. The van der Waals surface area contributed by atoms with Crippen LogP contribution in [-0.2, 0) is 4.79 Å². The predicted octanol–water partition coefficient (Wildman–Crippen LogP) is 3.00. The standard InChI is InChI=1S/C14H21NOS/c1-12(13-8-5-4-6-9-13)14(16)17-11-7-10-15(2)3/h4-6,8-9,12H,7,10-11H2,1-3H3. The van der Waals surface area contributed by atoms with Gasteiger partial charge in [0, 0.05) is 5.75 Å². The van der Waals surface area contributed by atoms with Gasteiger partial charge in [0.2, 0.25) is 0 Å². The highest BCUT2D eigenvalue weighted by atomic mass is 32.2. The van der Waals surface area contributed by atoms with Crippen LogP contribution in [-0.4, -0.2) is 36.4 Å². The highest BCUT2D eigenvalue weighted by Gasteiger charge is 2.14. The molecule has 0 spiro atoms. The Kier molecular flexibility index (Phi) is 6.30. The Morgan fingerprint density at radius 1 is 1.29 bits per heavy atom. The second-order valence-electron chi connectivity index (χ2n) is 4.46. The molecule has 0 aliphatic carbocycles. The fourth-order valence-electron chi connectivity index (χ4n) is 1.56. The zero-order chi connectivity index (χ0) is 12.7. The lowest BCUT2D eigenvalue weighted by molar-refractivity contribution is -0.111. The van der Waals surface area contributed by atoms with Crippen LogP contribution in [0, 0.1) is 0 Å². The molecule has 0 N–H and O–H groups in total. The Bertz CT molecular complexity index is 337. The van der Waals surface area contributed by atoms with Crippen LogP contribution in [0.25, 0.3) is 0 Å². The second-order valence-corrected chi connectivity index (χ2v) is 5.56. The van der Waals surface area contributed by atoms with Crippen LogP contribution in [0.4, 0.5) is 0 Å². The SMILES string of the molecule is CC(C(=O)SCCCN(C)C)c1ccccc1. The van der Waals surface area contributed by atoms with Gasteiger partial charge in [-0.1, -0.05) is 49.0 Å². The first-order chi connectivity index (χ1) is 8.11. The van der Waals surface area contributed by atoms with Gasteiger partial charge in [-0.3, -0.25) is 4.79 Å². The molecule has 2 nitrogen and oxygen atoms in total. The normalized spacial score (nSPS) is 12.7. The fraction of sp³-hybridized carbons (Fsp3) is 0.500. The molecular formula is C14H21NOS. The minimum atomic E-state index is 0.000515. The van der Waals surface area contributed by atoms with Gasteiger partial charge < -0.3 is 4.90 Å². The summed E-state index contributed by atoms with van der Waals surface area (Å²) < 4.78 is 0. The van der Waals surface area contributed by atoms with E-state index in [1.807, 2.05) is 37.3 Å². The molecule has 1 rings (SSSR count). The summed E-state index contributed by atoms with van der Waals surface area (Å²) in [5.41, 5.74) is 1.11. The van der Waals surface area contributed by atoms with Crippen LogP contribution < -0.4 is 0 Å². The third-order valence-electron chi connectivity index (χ3n) is 2.65. The van der Waals surface area contributed by atoms with Gasteiger partial charge in [0.15, 0.2) is 5.12 Å². The lowest BCUT2D eigenvalue weighted by Crippen LogP contribution is -2.14. The predicted molar refractivity (Wildman–Crippen MR) is 75.5 cm³/mol. The van der Waals surface area contributed by atoms with Crippen molar-refractivity contribution in [3.8, 4) is 0 Å². The maximum atomic E-state index is 11.9. The molecule has 1 unspecified atom stereocenters. The van der Waals surface area contributed by atoms with Crippen molar-refractivity contribution in [1.29, 1.82) is 0 Å². The molecule has 17 heavy (non-hydrogen) atoms. The molecule has 0 saturated carbocycles. The number of benzene rings is 1. The van der Waals surface area contributed by atoms with E-state index in [2.05, 4.69) is 19.0 Å². The summed E-state index contributed by atoms with van der Waals surface area (Å²) in [5.74, 6) is 0.911. The molecule has 0 saturated heterocycles.